The molecule has 70 valence electrons. The van der Waals surface area contributed by atoms with E-state index >= 15 is 0 Å². The topological polar surface area (TPSA) is 0 Å². The molecule has 0 nitrogen and oxygen atoms in total. The van der Waals surface area contributed by atoms with E-state index in [1.807, 2.05) is 0 Å². The number of allylic oxidation sites excluding steroid dienone is 8. The van der Waals surface area contributed by atoms with Gasteiger partial charge in [0.25, 0.3) is 0 Å². The van der Waals surface area contributed by atoms with Crippen molar-refractivity contribution in [3.63, 3.8) is 0 Å². The minimum absolute atomic E-state index is 1.16. The third kappa shape index (κ3) is 6.15. The van der Waals surface area contributed by atoms with Gasteiger partial charge in [-0.05, 0) is 32.1 Å². The zero-order valence-electron chi connectivity index (χ0n) is 8.15. The first-order valence-electron chi connectivity index (χ1n) is 5.13. The van der Waals surface area contributed by atoms with Crippen molar-refractivity contribution in [2.24, 2.45) is 0 Å². The molecule has 13 heavy (non-hydrogen) atoms. The average molecular weight is 174 g/mol. The summed E-state index contributed by atoms with van der Waals surface area (Å²) in [5.74, 6) is 0. The zero-order valence-corrected chi connectivity index (χ0v) is 8.15. The van der Waals surface area contributed by atoms with Crippen LogP contribution in [0.1, 0.15) is 32.1 Å². The van der Waals surface area contributed by atoms with Gasteiger partial charge < -0.3 is 0 Å². The van der Waals surface area contributed by atoms with Gasteiger partial charge >= 0.3 is 0 Å². The van der Waals surface area contributed by atoms with Gasteiger partial charge in [0.15, 0.2) is 0 Å². The maximum absolute atomic E-state index is 2.30. The van der Waals surface area contributed by atoms with E-state index in [4.69, 9.17) is 0 Å². The minimum atomic E-state index is 1.16. The van der Waals surface area contributed by atoms with Crippen LogP contribution in [0.3, 0.4) is 0 Å². The maximum Gasteiger partial charge on any atom is -0.0313 e. The highest BCUT2D eigenvalue weighted by Gasteiger charge is 1.81. The summed E-state index contributed by atoms with van der Waals surface area (Å²) in [4.78, 5) is 0. The van der Waals surface area contributed by atoms with E-state index in [-0.39, 0.29) is 0 Å². The highest BCUT2D eigenvalue weighted by molar-refractivity contribution is 5.11. The van der Waals surface area contributed by atoms with Gasteiger partial charge in [-0.15, -0.1) is 0 Å². The molecule has 0 N–H and O–H groups in total. The molecular weight excluding hydrogens is 156 g/mol. The Morgan fingerprint density at radius 2 is 1.00 bits per heavy atom. The second kappa shape index (κ2) is 7.60. The molecule has 0 heterocycles. The summed E-state index contributed by atoms with van der Waals surface area (Å²) < 4.78 is 0. The molecule has 0 aromatic heterocycles. The molecular formula is C13H18. The fourth-order valence-corrected chi connectivity index (χ4v) is 1.26. The fraction of sp³-hybridized carbons (Fsp3) is 0.385. The third-order valence-corrected chi connectivity index (χ3v) is 2.01. The highest BCUT2D eigenvalue weighted by atomic mass is 13.9. The van der Waals surface area contributed by atoms with E-state index in [2.05, 4.69) is 48.6 Å². The summed E-state index contributed by atoms with van der Waals surface area (Å²) >= 11 is 0. The predicted molar refractivity (Wildman–Crippen MR) is 59.6 cm³/mol. The highest BCUT2D eigenvalue weighted by Crippen LogP contribution is 2.01. The van der Waals surface area contributed by atoms with E-state index in [9.17, 15) is 0 Å². The van der Waals surface area contributed by atoms with Crippen molar-refractivity contribution >= 4 is 0 Å². The summed E-state index contributed by atoms with van der Waals surface area (Å²) in [6.45, 7) is 0. The van der Waals surface area contributed by atoms with Crippen molar-refractivity contribution in [1.29, 1.82) is 0 Å². The summed E-state index contributed by atoms with van der Waals surface area (Å²) in [6, 6.07) is 0. The molecule has 0 fully saturated rings. The normalized spacial score (nSPS) is 28.9. The van der Waals surface area contributed by atoms with Crippen LogP contribution in [0.15, 0.2) is 48.6 Å². The number of hydrogen-bond donors (Lipinski definition) is 0. The molecule has 0 radical (unpaired) electrons. The van der Waals surface area contributed by atoms with Gasteiger partial charge in [0.05, 0.1) is 0 Å². The van der Waals surface area contributed by atoms with Crippen molar-refractivity contribution in [3.05, 3.63) is 48.6 Å². The Balaban J connectivity index is 2.38. The lowest BCUT2D eigenvalue weighted by Gasteiger charge is -1.89. The zero-order chi connectivity index (χ0) is 9.19. The number of rotatable bonds is 0. The molecule has 0 unspecified atom stereocenters. The van der Waals surface area contributed by atoms with Gasteiger partial charge in [-0.25, -0.2) is 0 Å². The Morgan fingerprint density at radius 1 is 0.462 bits per heavy atom. The first kappa shape index (κ1) is 10.0. The van der Waals surface area contributed by atoms with E-state index < -0.39 is 0 Å². The molecule has 0 amide bonds. The molecule has 0 aromatic carbocycles. The van der Waals surface area contributed by atoms with Crippen LogP contribution in [0.2, 0.25) is 0 Å². The molecule has 0 saturated carbocycles. The lowest BCUT2D eigenvalue weighted by molar-refractivity contribution is 0.863. The fourth-order valence-electron chi connectivity index (χ4n) is 1.26. The molecule has 0 heteroatoms. The van der Waals surface area contributed by atoms with Crippen LogP contribution >= 0.6 is 0 Å². The molecule has 1 aliphatic rings. The lowest BCUT2D eigenvalue weighted by atomic mass is 10.2. The van der Waals surface area contributed by atoms with Crippen molar-refractivity contribution in [3.8, 4) is 0 Å². The van der Waals surface area contributed by atoms with E-state index in [0.29, 0.717) is 0 Å². The first-order chi connectivity index (χ1) is 6.50. The Hall–Kier alpha value is -1.04. The second-order valence-electron chi connectivity index (χ2n) is 3.22. The Morgan fingerprint density at radius 3 is 1.85 bits per heavy atom. The van der Waals surface area contributed by atoms with Gasteiger partial charge in [0.1, 0.15) is 0 Å². The molecule has 0 bridgehead atoms. The molecule has 1 aliphatic carbocycles. The van der Waals surface area contributed by atoms with Crippen molar-refractivity contribution in [1.82, 2.24) is 0 Å². The van der Waals surface area contributed by atoms with E-state index in [1.54, 1.807) is 0 Å². The van der Waals surface area contributed by atoms with Gasteiger partial charge in [0, 0.05) is 0 Å². The summed E-state index contributed by atoms with van der Waals surface area (Å²) in [6.07, 6.45) is 23.5. The van der Waals surface area contributed by atoms with Gasteiger partial charge in [-0.3, -0.25) is 0 Å². The van der Waals surface area contributed by atoms with Gasteiger partial charge in [-0.1, -0.05) is 48.6 Å². The summed E-state index contributed by atoms with van der Waals surface area (Å²) in [5.41, 5.74) is 0. The van der Waals surface area contributed by atoms with Crippen LogP contribution in [0.5, 0.6) is 0 Å². The van der Waals surface area contributed by atoms with E-state index in [0.717, 1.165) is 6.42 Å². The van der Waals surface area contributed by atoms with Crippen LogP contribution in [-0.4, -0.2) is 0 Å². The molecule has 0 atom stereocenters. The second-order valence-corrected chi connectivity index (χ2v) is 3.22. The summed E-state index contributed by atoms with van der Waals surface area (Å²) in [7, 11) is 0. The van der Waals surface area contributed by atoms with Gasteiger partial charge in [-0.2, -0.15) is 0 Å². The monoisotopic (exact) mass is 174 g/mol. The first-order valence-corrected chi connectivity index (χ1v) is 5.13. The average Bonchev–Trinajstić information content (AvgIpc) is 2.18. The molecule has 0 aromatic rings. The van der Waals surface area contributed by atoms with E-state index in [1.165, 1.54) is 25.7 Å². The SMILES string of the molecule is C1=C\C=C\CCC/C=C/CC/C=C/1. The van der Waals surface area contributed by atoms with Gasteiger partial charge in [0.2, 0.25) is 0 Å². The Labute approximate surface area is 81.4 Å². The van der Waals surface area contributed by atoms with Crippen LogP contribution in [0.25, 0.3) is 0 Å². The summed E-state index contributed by atoms with van der Waals surface area (Å²) in [5, 5.41) is 0. The Kier molecular flexibility index (Phi) is 5.87. The molecule has 0 saturated heterocycles. The van der Waals surface area contributed by atoms with Crippen LogP contribution in [0, 0.1) is 0 Å². The van der Waals surface area contributed by atoms with Crippen molar-refractivity contribution in [2.75, 3.05) is 0 Å². The predicted octanol–water partition coefficient (Wildman–Crippen LogP) is 4.18. The quantitative estimate of drug-likeness (QED) is 0.483. The maximum atomic E-state index is 2.30. The standard InChI is InChI=1S/C13H18/c1-2-4-6-8-10-12-13-11-9-7-5-3-1/h1-6,11,13H,7-10,12H2/b2-1-,5-3+,6-4+,13-11+. The van der Waals surface area contributed by atoms with Crippen molar-refractivity contribution in [2.45, 2.75) is 32.1 Å². The largest absolute Gasteiger partial charge is 0.0885 e. The number of hydrogen-bond acceptors (Lipinski definition) is 0. The smallest absolute Gasteiger partial charge is 0.0313 e. The minimum Gasteiger partial charge on any atom is -0.0885 e. The van der Waals surface area contributed by atoms with Crippen LogP contribution in [-0.2, 0) is 0 Å². The lowest BCUT2D eigenvalue weighted by Crippen LogP contribution is -1.69. The van der Waals surface area contributed by atoms with Crippen molar-refractivity contribution < 1.29 is 0 Å². The molecule has 0 aliphatic heterocycles. The molecule has 0 spiro atoms. The molecule has 1 rings (SSSR count). The third-order valence-electron chi connectivity index (χ3n) is 2.01. The Bertz CT molecular complexity index is 216. The van der Waals surface area contributed by atoms with Crippen LogP contribution in [0.4, 0.5) is 0 Å². The van der Waals surface area contributed by atoms with Crippen LogP contribution < -0.4 is 0 Å².